The van der Waals surface area contributed by atoms with Gasteiger partial charge in [-0.25, -0.2) is 18.4 Å². The number of carbonyl (C=O) groups excluding carboxylic acids is 1. The molecule has 0 aliphatic rings. The zero-order chi connectivity index (χ0) is 23.7. The van der Waals surface area contributed by atoms with Gasteiger partial charge in [0.2, 0.25) is 15.9 Å². The first-order valence-corrected chi connectivity index (χ1v) is 11.2. The van der Waals surface area contributed by atoms with Crippen LogP contribution in [0.1, 0.15) is 29.3 Å². The van der Waals surface area contributed by atoms with Crippen LogP contribution in [0.2, 0.25) is 0 Å². The van der Waals surface area contributed by atoms with Crippen LogP contribution in [-0.2, 0) is 20.4 Å². The summed E-state index contributed by atoms with van der Waals surface area (Å²) in [6, 6.07) is 17.7. The standard InChI is InChI=1S/C23H23N3O5S/c1-2-23(25,22(28)29)19-7-3-14(4-8-19)16-11-17(13-18(12-16)21(24)27)15-5-9-20(10-6-15)32(26,30)31/h3-13H,2,25H2,1H3,(H2,24,27)(H,28,29)(H2,26,30,31). The molecule has 1 amide bonds. The van der Waals surface area contributed by atoms with Gasteiger partial charge in [0.05, 0.1) is 4.90 Å². The van der Waals surface area contributed by atoms with E-state index < -0.39 is 27.4 Å². The van der Waals surface area contributed by atoms with E-state index in [1.54, 1.807) is 55.5 Å². The van der Waals surface area contributed by atoms with Crippen LogP contribution in [0.5, 0.6) is 0 Å². The van der Waals surface area contributed by atoms with E-state index in [0.29, 0.717) is 22.3 Å². The number of amides is 1. The minimum Gasteiger partial charge on any atom is -0.480 e. The predicted molar refractivity (Wildman–Crippen MR) is 121 cm³/mol. The molecule has 0 fully saturated rings. The van der Waals surface area contributed by atoms with E-state index in [1.165, 1.54) is 12.1 Å². The van der Waals surface area contributed by atoms with E-state index in [4.69, 9.17) is 16.6 Å². The Hall–Kier alpha value is -3.53. The maximum atomic E-state index is 11.9. The summed E-state index contributed by atoms with van der Waals surface area (Å²) in [4.78, 5) is 23.5. The van der Waals surface area contributed by atoms with Crippen molar-refractivity contribution < 1.29 is 23.1 Å². The van der Waals surface area contributed by atoms with Crippen LogP contribution >= 0.6 is 0 Å². The lowest BCUT2D eigenvalue weighted by Crippen LogP contribution is -2.44. The summed E-state index contributed by atoms with van der Waals surface area (Å²) in [7, 11) is -3.83. The SMILES string of the molecule is CCC(N)(C(=O)O)c1ccc(-c2cc(C(N)=O)cc(-c3ccc(S(N)(=O)=O)cc3)c2)cc1. The molecule has 0 saturated heterocycles. The molecule has 9 heteroatoms. The Morgan fingerprint density at radius 3 is 1.72 bits per heavy atom. The number of hydrogen-bond acceptors (Lipinski definition) is 5. The van der Waals surface area contributed by atoms with Gasteiger partial charge in [0.25, 0.3) is 0 Å². The third kappa shape index (κ3) is 4.54. The van der Waals surface area contributed by atoms with Crippen molar-refractivity contribution in [3.8, 4) is 22.3 Å². The molecule has 0 saturated carbocycles. The van der Waals surface area contributed by atoms with E-state index in [-0.39, 0.29) is 16.9 Å². The molecule has 0 bridgehead atoms. The number of hydrogen-bond donors (Lipinski definition) is 4. The van der Waals surface area contributed by atoms with Crippen LogP contribution in [0.3, 0.4) is 0 Å². The van der Waals surface area contributed by atoms with Crippen molar-refractivity contribution in [1.82, 2.24) is 0 Å². The quantitative estimate of drug-likeness (QED) is 0.428. The molecule has 0 aliphatic carbocycles. The van der Waals surface area contributed by atoms with E-state index in [0.717, 1.165) is 5.56 Å². The van der Waals surface area contributed by atoms with Crippen molar-refractivity contribution in [1.29, 1.82) is 0 Å². The smallest absolute Gasteiger partial charge is 0.328 e. The Balaban J connectivity index is 2.07. The summed E-state index contributed by atoms with van der Waals surface area (Å²) in [5, 5.41) is 14.6. The number of aliphatic carboxylic acids is 1. The van der Waals surface area contributed by atoms with Gasteiger partial charge in [-0.15, -0.1) is 0 Å². The van der Waals surface area contributed by atoms with Crippen LogP contribution in [-0.4, -0.2) is 25.4 Å². The number of carboxylic acids is 1. The fourth-order valence-electron chi connectivity index (χ4n) is 3.38. The lowest BCUT2D eigenvalue weighted by Gasteiger charge is -2.23. The number of rotatable bonds is 7. The predicted octanol–water partition coefficient (Wildman–Crippen LogP) is 2.42. The Labute approximate surface area is 185 Å². The number of nitrogens with two attached hydrogens (primary N) is 3. The normalized spacial score (nSPS) is 13.3. The van der Waals surface area contributed by atoms with Crippen molar-refractivity contribution in [2.75, 3.05) is 0 Å². The molecule has 8 nitrogen and oxygen atoms in total. The molecule has 7 N–H and O–H groups in total. The number of primary sulfonamides is 1. The van der Waals surface area contributed by atoms with Gasteiger partial charge < -0.3 is 16.6 Å². The van der Waals surface area contributed by atoms with E-state index in [9.17, 15) is 23.1 Å². The van der Waals surface area contributed by atoms with Crippen molar-refractivity contribution in [3.05, 3.63) is 77.9 Å². The minimum atomic E-state index is -3.83. The fourth-order valence-corrected chi connectivity index (χ4v) is 3.89. The first-order valence-electron chi connectivity index (χ1n) is 9.67. The van der Waals surface area contributed by atoms with E-state index in [2.05, 4.69) is 0 Å². The number of primary amides is 1. The molecule has 1 atom stereocenters. The Bertz CT molecular complexity index is 1290. The lowest BCUT2D eigenvalue weighted by atomic mass is 9.87. The van der Waals surface area contributed by atoms with Crippen LogP contribution in [0, 0.1) is 0 Å². The van der Waals surface area contributed by atoms with Crippen LogP contribution in [0.4, 0.5) is 0 Å². The van der Waals surface area contributed by atoms with Gasteiger partial charge in [-0.1, -0.05) is 43.3 Å². The van der Waals surface area contributed by atoms with Gasteiger partial charge in [0.1, 0.15) is 5.54 Å². The second-order valence-corrected chi connectivity index (χ2v) is 9.00. The summed E-state index contributed by atoms with van der Waals surface area (Å²) < 4.78 is 23.0. The minimum absolute atomic E-state index is 0.0252. The molecule has 0 aliphatic heterocycles. The summed E-state index contributed by atoms with van der Waals surface area (Å²) in [6.45, 7) is 1.70. The number of carboxylic acid groups (broad SMARTS) is 1. The fraction of sp³-hybridized carbons (Fsp3) is 0.130. The molecule has 0 aromatic heterocycles. The first-order chi connectivity index (χ1) is 15.0. The number of carbonyl (C=O) groups is 2. The highest BCUT2D eigenvalue weighted by Crippen LogP contribution is 2.31. The molecule has 166 valence electrons. The Morgan fingerprint density at radius 1 is 0.875 bits per heavy atom. The van der Waals surface area contributed by atoms with E-state index >= 15 is 0 Å². The maximum Gasteiger partial charge on any atom is 0.328 e. The highest BCUT2D eigenvalue weighted by Gasteiger charge is 2.33. The number of benzene rings is 3. The Morgan fingerprint density at radius 2 is 1.34 bits per heavy atom. The van der Waals surface area contributed by atoms with Gasteiger partial charge in [-0.05, 0) is 64.6 Å². The van der Waals surface area contributed by atoms with Crippen molar-refractivity contribution in [2.24, 2.45) is 16.6 Å². The number of sulfonamides is 1. The zero-order valence-corrected chi connectivity index (χ0v) is 18.1. The Kier molecular flexibility index (Phi) is 6.18. The van der Waals surface area contributed by atoms with Gasteiger partial charge in [0, 0.05) is 5.56 Å². The molecule has 0 spiro atoms. The summed E-state index contributed by atoms with van der Waals surface area (Å²) in [5.41, 5.74) is 13.5. The molecule has 3 aromatic carbocycles. The zero-order valence-electron chi connectivity index (χ0n) is 17.3. The largest absolute Gasteiger partial charge is 0.480 e. The molecule has 1 unspecified atom stereocenters. The highest BCUT2D eigenvalue weighted by atomic mass is 32.2. The summed E-state index contributed by atoms with van der Waals surface area (Å²) >= 11 is 0. The molecule has 0 radical (unpaired) electrons. The van der Waals surface area contributed by atoms with Crippen LogP contribution in [0.25, 0.3) is 22.3 Å². The maximum absolute atomic E-state index is 11.9. The van der Waals surface area contributed by atoms with Gasteiger partial charge in [-0.3, -0.25) is 4.79 Å². The lowest BCUT2D eigenvalue weighted by molar-refractivity contribution is -0.143. The molecule has 3 aromatic rings. The summed E-state index contributed by atoms with van der Waals surface area (Å²) in [6.07, 6.45) is 0.220. The first kappa shape index (κ1) is 23.1. The van der Waals surface area contributed by atoms with Gasteiger partial charge in [0.15, 0.2) is 0 Å². The molecule has 0 heterocycles. The third-order valence-electron chi connectivity index (χ3n) is 5.41. The average Bonchev–Trinajstić information content (AvgIpc) is 2.77. The monoisotopic (exact) mass is 453 g/mol. The topological polar surface area (TPSA) is 167 Å². The molecule has 32 heavy (non-hydrogen) atoms. The van der Waals surface area contributed by atoms with Crippen molar-refractivity contribution >= 4 is 21.9 Å². The third-order valence-corrected chi connectivity index (χ3v) is 6.34. The second-order valence-electron chi connectivity index (χ2n) is 7.44. The summed E-state index contributed by atoms with van der Waals surface area (Å²) in [5.74, 6) is -1.74. The van der Waals surface area contributed by atoms with Crippen molar-refractivity contribution in [3.63, 3.8) is 0 Å². The second kappa shape index (κ2) is 8.54. The average molecular weight is 454 g/mol. The van der Waals surface area contributed by atoms with E-state index in [1.807, 2.05) is 6.07 Å². The molecule has 3 rings (SSSR count). The van der Waals surface area contributed by atoms with Gasteiger partial charge >= 0.3 is 5.97 Å². The van der Waals surface area contributed by atoms with Crippen LogP contribution < -0.4 is 16.6 Å². The highest BCUT2D eigenvalue weighted by molar-refractivity contribution is 7.89. The van der Waals surface area contributed by atoms with Crippen molar-refractivity contribution in [2.45, 2.75) is 23.8 Å². The van der Waals surface area contributed by atoms with Gasteiger partial charge in [-0.2, -0.15) is 0 Å². The molecular formula is C23H23N3O5S. The van der Waals surface area contributed by atoms with Crippen LogP contribution in [0.15, 0.2) is 71.6 Å². The molecular weight excluding hydrogens is 430 g/mol.